The summed E-state index contributed by atoms with van der Waals surface area (Å²) < 4.78 is 12.4. The molecule has 0 unspecified atom stereocenters. The normalized spacial score (nSPS) is 11.8. The van der Waals surface area contributed by atoms with Crippen molar-refractivity contribution in [2.24, 2.45) is 0 Å². The monoisotopic (exact) mass is 616 g/mol. The van der Waals surface area contributed by atoms with Crippen molar-refractivity contribution in [2.75, 3.05) is 0 Å². The van der Waals surface area contributed by atoms with E-state index in [1.165, 1.54) is 0 Å². The number of nitrogens with zero attached hydrogens (tertiary/aromatic N) is 4. The van der Waals surface area contributed by atoms with Crippen LogP contribution in [-0.2, 0) is 0 Å². The molecule has 0 fully saturated rings. The van der Waals surface area contributed by atoms with Crippen molar-refractivity contribution >= 4 is 54.8 Å². The van der Waals surface area contributed by atoms with Crippen molar-refractivity contribution in [3.05, 3.63) is 146 Å². The van der Waals surface area contributed by atoms with Gasteiger partial charge in [-0.1, -0.05) is 109 Å². The minimum Gasteiger partial charge on any atom is -0.456 e. The van der Waals surface area contributed by atoms with E-state index in [9.17, 15) is 0 Å². The maximum absolute atomic E-state index is 6.23. The molecule has 0 aliphatic rings. The lowest BCUT2D eigenvalue weighted by atomic mass is 9.93. The molecule has 6 aromatic carbocycles. The third-order valence-corrected chi connectivity index (χ3v) is 9.05. The number of hydrogen-bond donors (Lipinski definition) is 0. The van der Waals surface area contributed by atoms with Crippen LogP contribution in [0.3, 0.4) is 0 Å². The van der Waals surface area contributed by atoms with Crippen molar-refractivity contribution < 1.29 is 8.83 Å². The van der Waals surface area contributed by atoms with Gasteiger partial charge in [0.2, 0.25) is 5.71 Å². The lowest BCUT2D eigenvalue weighted by Crippen LogP contribution is -2.01. The first-order valence-electron chi connectivity index (χ1n) is 15.8. The minimum absolute atomic E-state index is 0.588. The van der Waals surface area contributed by atoms with Gasteiger partial charge in [-0.15, -0.1) is 0 Å². The Morgan fingerprint density at radius 3 is 1.73 bits per heavy atom. The van der Waals surface area contributed by atoms with Crippen LogP contribution in [0.25, 0.3) is 100 Å². The third kappa shape index (κ3) is 4.06. The summed E-state index contributed by atoms with van der Waals surface area (Å²) in [5.74, 6) is 1.79. The highest BCUT2D eigenvalue weighted by Crippen LogP contribution is 2.41. The van der Waals surface area contributed by atoms with E-state index in [0.717, 1.165) is 76.9 Å². The van der Waals surface area contributed by atoms with Gasteiger partial charge in [0, 0.05) is 39.0 Å². The van der Waals surface area contributed by atoms with Gasteiger partial charge in [-0.25, -0.2) is 19.9 Å². The highest BCUT2D eigenvalue weighted by atomic mass is 16.3. The second-order valence-corrected chi connectivity index (χ2v) is 11.8. The Morgan fingerprint density at radius 1 is 0.354 bits per heavy atom. The molecule has 0 spiro atoms. The molecule has 0 amide bonds. The number of hydrogen-bond acceptors (Lipinski definition) is 6. The van der Waals surface area contributed by atoms with Crippen molar-refractivity contribution in [3.8, 4) is 45.3 Å². The minimum atomic E-state index is 0.588. The van der Waals surface area contributed by atoms with E-state index in [1.54, 1.807) is 0 Å². The van der Waals surface area contributed by atoms with E-state index in [0.29, 0.717) is 23.2 Å². The van der Waals surface area contributed by atoms with Gasteiger partial charge in [-0.3, -0.25) is 0 Å². The molecule has 0 saturated heterocycles. The summed E-state index contributed by atoms with van der Waals surface area (Å²) in [5, 5.41) is 6.17. The van der Waals surface area contributed by atoms with Crippen LogP contribution in [0.4, 0.5) is 0 Å². The number of para-hydroxylation sites is 2. The second kappa shape index (κ2) is 10.4. The average Bonchev–Trinajstić information content (AvgIpc) is 3.73. The lowest BCUT2D eigenvalue weighted by Gasteiger charge is -2.14. The Labute approximate surface area is 274 Å². The Morgan fingerprint density at radius 2 is 0.938 bits per heavy atom. The quantitative estimate of drug-likeness (QED) is 0.196. The zero-order valence-corrected chi connectivity index (χ0v) is 25.5. The van der Waals surface area contributed by atoms with E-state index >= 15 is 0 Å². The van der Waals surface area contributed by atoms with Crippen LogP contribution in [-0.4, -0.2) is 19.9 Å². The Hall–Kier alpha value is -6.66. The molecule has 10 rings (SSSR count). The molecule has 0 radical (unpaired) electrons. The Kier molecular flexibility index (Phi) is 5.77. The molecular weight excluding hydrogens is 592 g/mol. The number of furan rings is 2. The molecule has 0 saturated carbocycles. The first-order valence-corrected chi connectivity index (χ1v) is 15.8. The summed E-state index contributed by atoms with van der Waals surface area (Å²) in [6, 6.07) is 47.0. The van der Waals surface area contributed by atoms with E-state index in [-0.39, 0.29) is 0 Å². The van der Waals surface area contributed by atoms with Crippen LogP contribution < -0.4 is 0 Å². The first kappa shape index (κ1) is 26.5. The first-order chi connectivity index (χ1) is 23.8. The van der Waals surface area contributed by atoms with Crippen molar-refractivity contribution in [2.45, 2.75) is 0 Å². The summed E-state index contributed by atoms with van der Waals surface area (Å²) in [4.78, 5) is 19.9. The summed E-state index contributed by atoms with van der Waals surface area (Å²) in [6.07, 6.45) is 1.81. The van der Waals surface area contributed by atoms with Crippen LogP contribution in [0, 0.1) is 0 Å². The fourth-order valence-corrected chi connectivity index (χ4v) is 6.89. The fourth-order valence-electron chi connectivity index (χ4n) is 6.89. The lowest BCUT2D eigenvalue weighted by molar-refractivity contribution is 0.654. The van der Waals surface area contributed by atoms with Gasteiger partial charge >= 0.3 is 0 Å². The number of rotatable bonds is 4. The molecule has 6 nitrogen and oxygen atoms in total. The predicted molar refractivity (Wildman–Crippen MR) is 191 cm³/mol. The molecule has 0 aliphatic heterocycles. The van der Waals surface area contributed by atoms with Gasteiger partial charge in [0.05, 0.1) is 5.39 Å². The molecule has 0 aliphatic carbocycles. The average molecular weight is 617 g/mol. The zero-order valence-electron chi connectivity index (χ0n) is 25.5. The summed E-state index contributed by atoms with van der Waals surface area (Å²) >= 11 is 0. The van der Waals surface area contributed by atoms with Gasteiger partial charge in [0.15, 0.2) is 17.5 Å². The van der Waals surface area contributed by atoms with Crippen molar-refractivity contribution in [1.29, 1.82) is 0 Å². The molecule has 0 bridgehead atoms. The fraction of sp³-hybridized carbons (Fsp3) is 0. The number of aromatic nitrogens is 4. The third-order valence-electron chi connectivity index (χ3n) is 9.05. The summed E-state index contributed by atoms with van der Waals surface area (Å²) in [6.45, 7) is 0. The molecule has 0 atom stereocenters. The molecule has 6 heteroatoms. The van der Waals surface area contributed by atoms with Gasteiger partial charge < -0.3 is 8.83 Å². The van der Waals surface area contributed by atoms with E-state index < -0.39 is 0 Å². The predicted octanol–water partition coefficient (Wildman–Crippen LogP) is 10.9. The van der Waals surface area contributed by atoms with Crippen LogP contribution in [0.15, 0.2) is 155 Å². The van der Waals surface area contributed by atoms with Crippen LogP contribution >= 0.6 is 0 Å². The van der Waals surface area contributed by atoms with Crippen molar-refractivity contribution in [1.82, 2.24) is 19.9 Å². The highest BCUT2D eigenvalue weighted by Gasteiger charge is 2.20. The molecule has 224 valence electrons. The molecule has 4 heterocycles. The maximum atomic E-state index is 6.23. The van der Waals surface area contributed by atoms with Crippen LogP contribution in [0.2, 0.25) is 0 Å². The zero-order chi connectivity index (χ0) is 31.6. The van der Waals surface area contributed by atoms with Gasteiger partial charge in [-0.05, 0) is 52.2 Å². The summed E-state index contributed by atoms with van der Waals surface area (Å²) in [7, 11) is 0. The molecule has 48 heavy (non-hydrogen) atoms. The smallest absolute Gasteiger partial charge is 0.227 e. The standard InChI is InChI=1S/C42H24N4O2/c1-2-11-25(12-3-1)39-44-40(46-41(45-39)33-17-10-20-36-37(33)31-15-6-8-18-34(31)47-36)30-22-21-28(26-13-4-5-14-27(26)30)29-23-24-43-42-38(29)32-16-7-9-19-35(32)48-42/h1-24H. The maximum Gasteiger partial charge on any atom is 0.227 e. The molecule has 0 N–H and O–H groups in total. The largest absolute Gasteiger partial charge is 0.456 e. The van der Waals surface area contributed by atoms with E-state index in [1.807, 2.05) is 85.1 Å². The highest BCUT2D eigenvalue weighted by molar-refractivity contribution is 6.16. The number of fused-ring (bicyclic) bond motifs is 7. The van der Waals surface area contributed by atoms with E-state index in [4.69, 9.17) is 23.8 Å². The second-order valence-electron chi connectivity index (χ2n) is 11.8. The number of pyridine rings is 1. The van der Waals surface area contributed by atoms with E-state index in [2.05, 4.69) is 65.6 Å². The molecular formula is C42H24N4O2. The van der Waals surface area contributed by atoms with Gasteiger partial charge in [0.25, 0.3) is 0 Å². The SMILES string of the molecule is c1ccc(-c2nc(-c3ccc(-c4ccnc5oc6ccccc6c45)c4ccccc34)nc(-c3cccc4oc5ccccc5c34)n2)cc1. The Bertz CT molecular complexity index is 2850. The topological polar surface area (TPSA) is 77.8 Å². The molecule has 4 aromatic heterocycles. The van der Waals surface area contributed by atoms with Crippen molar-refractivity contribution in [3.63, 3.8) is 0 Å². The van der Waals surface area contributed by atoms with Gasteiger partial charge in [-0.2, -0.15) is 0 Å². The number of benzene rings is 6. The van der Waals surface area contributed by atoms with Crippen LogP contribution in [0.1, 0.15) is 0 Å². The molecule has 10 aromatic rings. The van der Waals surface area contributed by atoms with Crippen LogP contribution in [0.5, 0.6) is 0 Å². The van der Waals surface area contributed by atoms with Gasteiger partial charge in [0.1, 0.15) is 16.7 Å². The summed E-state index contributed by atoms with van der Waals surface area (Å²) in [5.41, 5.74) is 7.94. The Balaban J connectivity index is 1.23.